The first-order chi connectivity index (χ1) is 9.24. The van der Waals surface area contributed by atoms with Gasteiger partial charge in [0.15, 0.2) is 5.78 Å². The Hall–Kier alpha value is -1.63. The molecule has 0 aromatic heterocycles. The molecule has 1 nitrogen and oxygen atoms in total. The number of ketones is 1. The summed E-state index contributed by atoms with van der Waals surface area (Å²) < 4.78 is 0. The Morgan fingerprint density at radius 1 is 0.947 bits per heavy atom. The topological polar surface area (TPSA) is 17.1 Å². The van der Waals surface area contributed by atoms with Crippen molar-refractivity contribution in [1.29, 1.82) is 0 Å². The molecule has 100 valence electrons. The van der Waals surface area contributed by atoms with E-state index in [-0.39, 0.29) is 5.78 Å². The summed E-state index contributed by atoms with van der Waals surface area (Å²) in [7, 11) is 0. The lowest BCUT2D eigenvalue weighted by Gasteiger charge is -2.09. The van der Waals surface area contributed by atoms with E-state index < -0.39 is 0 Å². The number of fused-ring (bicyclic) bond motifs is 1. The summed E-state index contributed by atoms with van der Waals surface area (Å²) in [5.41, 5.74) is 2.21. The number of Topliss-reactive ketones (excluding diaryl/α,β-unsaturated/α-hetero) is 1. The maximum atomic E-state index is 11.7. The average molecular weight is 254 g/mol. The van der Waals surface area contributed by atoms with Gasteiger partial charge in [-0.3, -0.25) is 4.79 Å². The zero-order valence-electron chi connectivity index (χ0n) is 11.9. The highest BCUT2D eigenvalue weighted by Crippen LogP contribution is 2.24. The number of unbranched alkanes of at least 4 members (excludes halogenated alkanes) is 3. The summed E-state index contributed by atoms with van der Waals surface area (Å²) in [5, 5.41) is 2.34. The van der Waals surface area contributed by atoms with Crippen LogP contribution in [0.15, 0.2) is 36.4 Å². The molecule has 0 atom stereocenters. The van der Waals surface area contributed by atoms with Gasteiger partial charge in [0.1, 0.15) is 0 Å². The van der Waals surface area contributed by atoms with E-state index in [1.165, 1.54) is 36.6 Å². The molecule has 0 heterocycles. The molecule has 0 radical (unpaired) electrons. The quantitative estimate of drug-likeness (QED) is 0.513. The molecule has 0 saturated heterocycles. The van der Waals surface area contributed by atoms with E-state index in [1.54, 1.807) is 6.92 Å². The first kappa shape index (κ1) is 13.8. The second-order valence-electron chi connectivity index (χ2n) is 5.18. The molecular weight excluding hydrogens is 232 g/mol. The molecule has 2 aromatic carbocycles. The van der Waals surface area contributed by atoms with Crippen molar-refractivity contribution in [2.45, 2.75) is 46.0 Å². The Labute approximate surface area is 115 Å². The smallest absolute Gasteiger partial charge is 0.160 e. The van der Waals surface area contributed by atoms with Crippen molar-refractivity contribution in [3.63, 3.8) is 0 Å². The van der Waals surface area contributed by atoms with Gasteiger partial charge < -0.3 is 0 Å². The predicted octanol–water partition coefficient (Wildman–Crippen LogP) is 5.17. The summed E-state index contributed by atoms with van der Waals surface area (Å²) in [4.78, 5) is 11.7. The third kappa shape index (κ3) is 3.23. The summed E-state index contributed by atoms with van der Waals surface area (Å²) in [6, 6.07) is 12.4. The van der Waals surface area contributed by atoms with Crippen LogP contribution in [0.25, 0.3) is 10.8 Å². The Bertz CT molecular complexity index is 569. The lowest BCUT2D eigenvalue weighted by molar-refractivity contribution is 0.101. The van der Waals surface area contributed by atoms with Crippen LogP contribution in [0, 0.1) is 0 Å². The average Bonchev–Trinajstić information content (AvgIpc) is 2.43. The van der Waals surface area contributed by atoms with Crippen LogP contribution in [0.3, 0.4) is 0 Å². The highest BCUT2D eigenvalue weighted by molar-refractivity contribution is 6.07. The van der Waals surface area contributed by atoms with Crippen molar-refractivity contribution in [1.82, 2.24) is 0 Å². The number of hydrogen-bond donors (Lipinski definition) is 0. The van der Waals surface area contributed by atoms with Crippen LogP contribution in [-0.2, 0) is 6.42 Å². The van der Waals surface area contributed by atoms with Gasteiger partial charge in [-0.1, -0.05) is 62.6 Å². The Morgan fingerprint density at radius 3 is 2.37 bits per heavy atom. The lowest BCUT2D eigenvalue weighted by Crippen LogP contribution is -1.96. The number of benzene rings is 2. The van der Waals surface area contributed by atoms with E-state index in [0.29, 0.717) is 0 Å². The van der Waals surface area contributed by atoms with Crippen LogP contribution >= 0.6 is 0 Å². The second-order valence-corrected chi connectivity index (χ2v) is 5.18. The molecule has 2 rings (SSSR count). The molecule has 0 aliphatic rings. The predicted molar refractivity (Wildman–Crippen MR) is 81.8 cm³/mol. The van der Waals surface area contributed by atoms with Gasteiger partial charge in [-0.15, -0.1) is 0 Å². The number of carbonyl (C=O) groups is 1. The monoisotopic (exact) mass is 254 g/mol. The molecule has 0 amide bonds. The zero-order chi connectivity index (χ0) is 13.7. The van der Waals surface area contributed by atoms with Crippen LogP contribution in [0.4, 0.5) is 0 Å². The molecule has 2 aromatic rings. The normalized spacial score (nSPS) is 10.8. The largest absolute Gasteiger partial charge is 0.294 e. The summed E-state index contributed by atoms with van der Waals surface area (Å²) in [5.74, 6) is 0.147. The molecule has 0 spiro atoms. The Morgan fingerprint density at radius 2 is 1.68 bits per heavy atom. The van der Waals surface area contributed by atoms with E-state index >= 15 is 0 Å². The van der Waals surface area contributed by atoms with Crippen LogP contribution in [0.2, 0.25) is 0 Å². The van der Waals surface area contributed by atoms with Crippen LogP contribution in [0.5, 0.6) is 0 Å². The van der Waals surface area contributed by atoms with Gasteiger partial charge in [0, 0.05) is 5.56 Å². The fourth-order valence-electron chi connectivity index (χ4n) is 2.63. The maximum Gasteiger partial charge on any atom is 0.160 e. The van der Waals surface area contributed by atoms with Crippen molar-refractivity contribution in [2.75, 3.05) is 0 Å². The van der Waals surface area contributed by atoms with Gasteiger partial charge in [-0.05, 0) is 36.1 Å². The minimum atomic E-state index is 0.147. The highest BCUT2D eigenvalue weighted by atomic mass is 16.1. The number of carbonyl (C=O) groups excluding carboxylic acids is 1. The molecule has 0 saturated carbocycles. The molecule has 0 N–H and O–H groups in total. The first-order valence-corrected chi connectivity index (χ1v) is 7.25. The second kappa shape index (κ2) is 6.51. The fourth-order valence-corrected chi connectivity index (χ4v) is 2.63. The molecule has 0 unspecified atom stereocenters. The van der Waals surface area contributed by atoms with Gasteiger partial charge >= 0.3 is 0 Å². The number of aryl methyl sites for hydroxylation is 1. The van der Waals surface area contributed by atoms with E-state index in [1.807, 2.05) is 12.1 Å². The molecule has 1 heteroatoms. The van der Waals surface area contributed by atoms with E-state index in [2.05, 4.69) is 31.2 Å². The molecule has 0 aliphatic carbocycles. The SMILES string of the molecule is CCCCCCc1ccc(C(C)=O)c2ccccc12. The van der Waals surface area contributed by atoms with Gasteiger partial charge in [0.05, 0.1) is 0 Å². The Balaban J connectivity index is 2.30. The highest BCUT2D eigenvalue weighted by Gasteiger charge is 2.08. The standard InChI is InChI=1S/C18H22O/c1-3-4-5-6-9-15-12-13-16(14(2)19)18-11-8-7-10-17(15)18/h7-8,10-13H,3-6,9H2,1-2H3. The van der Waals surface area contributed by atoms with E-state index in [0.717, 1.165) is 17.4 Å². The lowest BCUT2D eigenvalue weighted by atomic mass is 9.95. The molecule has 19 heavy (non-hydrogen) atoms. The van der Waals surface area contributed by atoms with Crippen molar-refractivity contribution in [2.24, 2.45) is 0 Å². The van der Waals surface area contributed by atoms with Crippen molar-refractivity contribution in [3.05, 3.63) is 47.5 Å². The molecular formula is C18H22O. The summed E-state index contributed by atoms with van der Waals surface area (Å²) in [6.45, 7) is 3.87. The molecule has 0 bridgehead atoms. The molecule has 0 fully saturated rings. The van der Waals surface area contributed by atoms with E-state index in [4.69, 9.17) is 0 Å². The minimum Gasteiger partial charge on any atom is -0.294 e. The van der Waals surface area contributed by atoms with Gasteiger partial charge in [-0.25, -0.2) is 0 Å². The number of rotatable bonds is 6. The number of hydrogen-bond acceptors (Lipinski definition) is 1. The van der Waals surface area contributed by atoms with Gasteiger partial charge in [-0.2, -0.15) is 0 Å². The van der Waals surface area contributed by atoms with Gasteiger partial charge in [0.2, 0.25) is 0 Å². The van der Waals surface area contributed by atoms with Crippen molar-refractivity contribution >= 4 is 16.6 Å². The van der Waals surface area contributed by atoms with Gasteiger partial charge in [0.25, 0.3) is 0 Å². The van der Waals surface area contributed by atoms with E-state index in [9.17, 15) is 4.79 Å². The third-order valence-electron chi connectivity index (χ3n) is 3.69. The Kier molecular flexibility index (Phi) is 4.73. The van der Waals surface area contributed by atoms with Crippen LogP contribution in [-0.4, -0.2) is 5.78 Å². The zero-order valence-corrected chi connectivity index (χ0v) is 11.9. The maximum absolute atomic E-state index is 11.7. The minimum absolute atomic E-state index is 0.147. The third-order valence-corrected chi connectivity index (χ3v) is 3.69. The van der Waals surface area contributed by atoms with Crippen LogP contribution in [0.1, 0.15) is 55.5 Å². The van der Waals surface area contributed by atoms with Crippen molar-refractivity contribution < 1.29 is 4.79 Å². The molecule has 0 aliphatic heterocycles. The summed E-state index contributed by atoms with van der Waals surface area (Å²) >= 11 is 0. The fraction of sp³-hybridized carbons (Fsp3) is 0.389. The summed E-state index contributed by atoms with van der Waals surface area (Å²) in [6.07, 6.45) is 6.21. The van der Waals surface area contributed by atoms with Crippen LogP contribution < -0.4 is 0 Å². The first-order valence-electron chi connectivity index (χ1n) is 7.25. The van der Waals surface area contributed by atoms with Crippen molar-refractivity contribution in [3.8, 4) is 0 Å².